The Bertz CT molecular complexity index is 573. The highest BCUT2D eigenvalue weighted by molar-refractivity contribution is 9.09. The fourth-order valence-corrected chi connectivity index (χ4v) is 3.45. The number of amides is 2. The van der Waals surface area contributed by atoms with E-state index in [1.807, 2.05) is 17.0 Å². The minimum Gasteiger partial charge on any atom is -0.312 e. The first-order valence-electron chi connectivity index (χ1n) is 6.87. The predicted molar refractivity (Wildman–Crippen MR) is 82.4 cm³/mol. The number of halogens is 1. The Morgan fingerprint density at radius 3 is 2.90 bits per heavy atom. The first kappa shape index (κ1) is 13.6. The molecule has 106 valence electrons. The quantitative estimate of drug-likeness (QED) is 0.778. The van der Waals surface area contributed by atoms with Crippen LogP contribution in [0.25, 0.3) is 0 Å². The summed E-state index contributed by atoms with van der Waals surface area (Å²) in [6.07, 6.45) is 1.48. The van der Waals surface area contributed by atoms with Gasteiger partial charge in [0.15, 0.2) is 0 Å². The maximum atomic E-state index is 12.1. The molecule has 20 heavy (non-hydrogen) atoms. The summed E-state index contributed by atoms with van der Waals surface area (Å²) in [6.45, 7) is 3.11. The number of rotatable bonds is 2. The van der Waals surface area contributed by atoms with Gasteiger partial charge in [0.05, 0.1) is 0 Å². The van der Waals surface area contributed by atoms with Gasteiger partial charge in [-0.15, -0.1) is 0 Å². The van der Waals surface area contributed by atoms with Crippen molar-refractivity contribution >= 4 is 39.1 Å². The zero-order valence-electron chi connectivity index (χ0n) is 11.4. The van der Waals surface area contributed by atoms with Crippen LogP contribution in [0.1, 0.15) is 18.9 Å². The van der Waals surface area contributed by atoms with Crippen LogP contribution < -0.4 is 9.80 Å². The Labute approximate surface area is 126 Å². The molecule has 2 aliphatic rings. The third-order valence-corrected chi connectivity index (χ3v) is 4.99. The Balaban J connectivity index is 1.87. The fourth-order valence-electron chi connectivity index (χ4n) is 3.02. The first-order valence-corrected chi connectivity index (χ1v) is 7.99. The van der Waals surface area contributed by atoms with Crippen LogP contribution in [0.4, 0.5) is 11.4 Å². The lowest BCUT2D eigenvalue weighted by molar-refractivity contribution is -0.117. The molecule has 5 heteroatoms. The van der Waals surface area contributed by atoms with E-state index in [-0.39, 0.29) is 11.8 Å². The van der Waals surface area contributed by atoms with E-state index in [9.17, 15) is 9.59 Å². The van der Waals surface area contributed by atoms with Crippen molar-refractivity contribution in [1.82, 2.24) is 0 Å². The number of carbonyl (C=O) groups is 2. The summed E-state index contributed by atoms with van der Waals surface area (Å²) in [5.41, 5.74) is 3.11. The molecule has 2 heterocycles. The van der Waals surface area contributed by atoms with E-state index in [1.54, 1.807) is 11.8 Å². The van der Waals surface area contributed by atoms with Gasteiger partial charge in [-0.3, -0.25) is 9.59 Å². The Morgan fingerprint density at radius 1 is 1.45 bits per heavy atom. The van der Waals surface area contributed by atoms with Gasteiger partial charge in [-0.05, 0) is 36.1 Å². The summed E-state index contributed by atoms with van der Waals surface area (Å²) in [5, 5.41) is 0.859. The molecule has 2 aliphatic heterocycles. The van der Waals surface area contributed by atoms with Crippen molar-refractivity contribution in [2.24, 2.45) is 5.92 Å². The number of anilines is 2. The Kier molecular flexibility index (Phi) is 3.54. The summed E-state index contributed by atoms with van der Waals surface area (Å²) in [5.74, 6) is 0.661. The van der Waals surface area contributed by atoms with Crippen LogP contribution in [-0.2, 0) is 16.0 Å². The summed E-state index contributed by atoms with van der Waals surface area (Å²) in [4.78, 5) is 27.3. The third-order valence-electron chi connectivity index (χ3n) is 4.07. The average Bonchev–Trinajstić information content (AvgIpc) is 3.01. The number of alkyl halides is 1. The molecule has 0 saturated carbocycles. The van der Waals surface area contributed by atoms with Crippen LogP contribution in [-0.4, -0.2) is 30.2 Å². The van der Waals surface area contributed by atoms with Gasteiger partial charge in [-0.1, -0.05) is 15.9 Å². The molecule has 0 aromatic heterocycles. The number of fused-ring (bicyclic) bond motifs is 1. The fraction of sp³-hybridized carbons (Fsp3) is 0.467. The van der Waals surface area contributed by atoms with Crippen LogP contribution in [0.15, 0.2) is 18.2 Å². The first-order chi connectivity index (χ1) is 9.60. The van der Waals surface area contributed by atoms with E-state index >= 15 is 0 Å². The second kappa shape index (κ2) is 5.20. The number of benzene rings is 1. The van der Waals surface area contributed by atoms with Crippen LogP contribution in [0, 0.1) is 5.92 Å². The lowest BCUT2D eigenvalue weighted by Crippen LogP contribution is -2.26. The van der Waals surface area contributed by atoms with Crippen LogP contribution >= 0.6 is 15.9 Å². The highest BCUT2D eigenvalue weighted by Gasteiger charge is 2.31. The maximum absolute atomic E-state index is 12.1. The zero-order chi connectivity index (χ0) is 14.3. The summed E-state index contributed by atoms with van der Waals surface area (Å²) in [7, 11) is 0. The van der Waals surface area contributed by atoms with Gasteiger partial charge in [0, 0.05) is 43.1 Å². The molecule has 0 radical (unpaired) electrons. The molecule has 0 bridgehead atoms. The van der Waals surface area contributed by atoms with Crippen molar-refractivity contribution in [3.8, 4) is 0 Å². The van der Waals surface area contributed by atoms with E-state index in [4.69, 9.17) is 0 Å². The molecule has 4 nitrogen and oxygen atoms in total. The SMILES string of the molecule is CC(=O)N1CCc2cc(N3CC(CBr)CC3=O)ccc21. The third kappa shape index (κ3) is 2.24. The molecule has 1 saturated heterocycles. The van der Waals surface area contributed by atoms with E-state index in [1.165, 1.54) is 0 Å². The molecular weight excluding hydrogens is 320 g/mol. The van der Waals surface area contributed by atoms with E-state index in [2.05, 4.69) is 22.0 Å². The van der Waals surface area contributed by atoms with Gasteiger partial charge >= 0.3 is 0 Å². The molecule has 0 spiro atoms. The minimum atomic E-state index is 0.0769. The topological polar surface area (TPSA) is 40.6 Å². The lowest BCUT2D eigenvalue weighted by atomic mass is 10.1. The van der Waals surface area contributed by atoms with E-state index in [0.717, 1.165) is 41.8 Å². The molecule has 1 unspecified atom stereocenters. The minimum absolute atomic E-state index is 0.0769. The predicted octanol–water partition coefficient (Wildman–Crippen LogP) is 2.34. The highest BCUT2D eigenvalue weighted by Crippen LogP contribution is 2.34. The van der Waals surface area contributed by atoms with Crippen LogP contribution in [0.2, 0.25) is 0 Å². The van der Waals surface area contributed by atoms with Crippen LogP contribution in [0.5, 0.6) is 0 Å². The smallest absolute Gasteiger partial charge is 0.227 e. The largest absolute Gasteiger partial charge is 0.312 e. The number of nitrogens with zero attached hydrogens (tertiary/aromatic N) is 2. The van der Waals surface area contributed by atoms with Gasteiger partial charge in [-0.25, -0.2) is 0 Å². The molecule has 2 amide bonds. The second-order valence-electron chi connectivity index (χ2n) is 5.46. The van der Waals surface area contributed by atoms with Crippen LogP contribution in [0.3, 0.4) is 0 Å². The van der Waals surface area contributed by atoms with Crippen molar-refractivity contribution in [2.45, 2.75) is 19.8 Å². The summed E-state index contributed by atoms with van der Waals surface area (Å²) >= 11 is 3.45. The van der Waals surface area contributed by atoms with Crippen molar-refractivity contribution in [3.63, 3.8) is 0 Å². The zero-order valence-corrected chi connectivity index (χ0v) is 13.0. The monoisotopic (exact) mass is 336 g/mol. The van der Waals surface area contributed by atoms with Crippen molar-refractivity contribution < 1.29 is 9.59 Å². The second-order valence-corrected chi connectivity index (χ2v) is 6.11. The molecular formula is C15H17BrN2O2. The van der Waals surface area contributed by atoms with Gasteiger partial charge in [0.25, 0.3) is 0 Å². The number of carbonyl (C=O) groups excluding carboxylic acids is 2. The highest BCUT2D eigenvalue weighted by atomic mass is 79.9. The Hall–Kier alpha value is -1.36. The lowest BCUT2D eigenvalue weighted by Gasteiger charge is -2.19. The molecule has 1 atom stereocenters. The van der Waals surface area contributed by atoms with Gasteiger partial charge in [0.2, 0.25) is 11.8 Å². The number of hydrogen-bond donors (Lipinski definition) is 0. The summed E-state index contributed by atoms with van der Waals surface area (Å²) in [6, 6.07) is 5.98. The molecule has 3 rings (SSSR count). The van der Waals surface area contributed by atoms with Crippen molar-refractivity contribution in [2.75, 3.05) is 28.2 Å². The number of hydrogen-bond acceptors (Lipinski definition) is 2. The van der Waals surface area contributed by atoms with Gasteiger partial charge in [-0.2, -0.15) is 0 Å². The summed E-state index contributed by atoms with van der Waals surface area (Å²) < 4.78 is 0. The van der Waals surface area contributed by atoms with E-state index < -0.39 is 0 Å². The molecule has 1 aromatic carbocycles. The van der Waals surface area contributed by atoms with E-state index in [0.29, 0.717) is 12.3 Å². The average molecular weight is 337 g/mol. The van der Waals surface area contributed by atoms with Crippen molar-refractivity contribution in [3.05, 3.63) is 23.8 Å². The molecule has 0 aliphatic carbocycles. The molecule has 1 aromatic rings. The standard InChI is InChI=1S/C15H17BrN2O2/c1-10(19)17-5-4-12-7-13(2-3-14(12)17)18-9-11(8-16)6-15(18)20/h2-3,7,11H,4-6,8-9H2,1H3. The maximum Gasteiger partial charge on any atom is 0.227 e. The molecule has 0 N–H and O–H groups in total. The van der Waals surface area contributed by atoms with Crippen molar-refractivity contribution in [1.29, 1.82) is 0 Å². The van der Waals surface area contributed by atoms with Gasteiger partial charge in [0.1, 0.15) is 0 Å². The normalized spacial score (nSPS) is 21.5. The van der Waals surface area contributed by atoms with Gasteiger partial charge < -0.3 is 9.80 Å². The molecule has 1 fully saturated rings. The Morgan fingerprint density at radius 2 is 2.25 bits per heavy atom.